The summed E-state index contributed by atoms with van der Waals surface area (Å²) in [5, 5.41) is 0. The molecule has 1 heteroatoms. The van der Waals surface area contributed by atoms with Gasteiger partial charge in [0.2, 0.25) is 0 Å². The van der Waals surface area contributed by atoms with Crippen LogP contribution in [-0.4, -0.2) is 6.29 Å². The first-order valence-corrected chi connectivity index (χ1v) is 3.75. The van der Waals surface area contributed by atoms with Crippen LogP contribution in [0, 0.1) is 5.92 Å². The van der Waals surface area contributed by atoms with E-state index in [0.29, 0.717) is 0 Å². The molecule has 0 amide bonds. The molecule has 0 aliphatic rings. The van der Waals surface area contributed by atoms with E-state index >= 15 is 0 Å². The molecule has 0 heterocycles. The fourth-order valence-electron chi connectivity index (χ4n) is 0.703. The first-order chi connectivity index (χ1) is 4.66. The molecule has 0 rings (SSSR count). The van der Waals surface area contributed by atoms with Gasteiger partial charge in [0, 0.05) is 5.92 Å². The number of hydrogen-bond donors (Lipinski definition) is 0. The van der Waals surface area contributed by atoms with Crippen molar-refractivity contribution < 1.29 is 4.79 Å². The van der Waals surface area contributed by atoms with Gasteiger partial charge in [-0.25, -0.2) is 0 Å². The number of carbonyl (C=O) groups is 1. The Hall–Kier alpha value is -0.590. The summed E-state index contributed by atoms with van der Waals surface area (Å²) in [6.07, 6.45) is 5.19. The highest BCUT2D eigenvalue weighted by atomic mass is 16.1. The molecular formula is C9H16O. The Morgan fingerprint density at radius 2 is 2.10 bits per heavy atom. The van der Waals surface area contributed by atoms with Crippen LogP contribution >= 0.6 is 0 Å². The van der Waals surface area contributed by atoms with Crippen molar-refractivity contribution in [1.82, 2.24) is 0 Å². The second-order valence-electron chi connectivity index (χ2n) is 2.97. The molecule has 0 aliphatic heterocycles. The molecule has 0 aromatic carbocycles. The van der Waals surface area contributed by atoms with E-state index in [9.17, 15) is 4.79 Å². The van der Waals surface area contributed by atoms with Gasteiger partial charge in [-0.05, 0) is 26.7 Å². The smallest absolute Gasteiger partial charge is 0.122 e. The normalized spacial score (nSPS) is 12.3. The minimum atomic E-state index is 0.218. The predicted molar refractivity (Wildman–Crippen MR) is 43.9 cm³/mol. The summed E-state index contributed by atoms with van der Waals surface area (Å²) >= 11 is 0. The highest BCUT2D eigenvalue weighted by Crippen LogP contribution is 2.04. The summed E-state index contributed by atoms with van der Waals surface area (Å²) in [6.45, 7) is 6.10. The van der Waals surface area contributed by atoms with Crippen LogP contribution in [0.5, 0.6) is 0 Å². The van der Waals surface area contributed by atoms with Crippen LogP contribution < -0.4 is 0 Å². The molecule has 0 bridgehead atoms. The van der Waals surface area contributed by atoms with E-state index in [1.165, 1.54) is 5.57 Å². The van der Waals surface area contributed by atoms with Crippen LogP contribution in [0.3, 0.4) is 0 Å². The zero-order chi connectivity index (χ0) is 7.98. The van der Waals surface area contributed by atoms with Crippen molar-refractivity contribution in [1.29, 1.82) is 0 Å². The lowest BCUT2D eigenvalue weighted by Gasteiger charge is -1.98. The van der Waals surface area contributed by atoms with Gasteiger partial charge in [0.15, 0.2) is 0 Å². The monoisotopic (exact) mass is 140 g/mol. The van der Waals surface area contributed by atoms with Crippen LogP contribution in [0.2, 0.25) is 0 Å². The Kier molecular flexibility index (Phi) is 4.91. The second kappa shape index (κ2) is 5.21. The first kappa shape index (κ1) is 9.41. The molecule has 0 radical (unpaired) electrons. The molecule has 1 atom stereocenters. The molecule has 10 heavy (non-hydrogen) atoms. The van der Waals surface area contributed by atoms with Crippen LogP contribution in [-0.2, 0) is 4.79 Å². The summed E-state index contributed by atoms with van der Waals surface area (Å²) in [7, 11) is 0. The van der Waals surface area contributed by atoms with Crippen molar-refractivity contribution in [2.75, 3.05) is 0 Å². The van der Waals surface area contributed by atoms with E-state index in [4.69, 9.17) is 0 Å². The molecule has 0 aliphatic carbocycles. The number of hydrogen-bond acceptors (Lipinski definition) is 1. The van der Waals surface area contributed by atoms with Crippen LogP contribution in [0.1, 0.15) is 33.6 Å². The van der Waals surface area contributed by atoms with Gasteiger partial charge in [-0.3, -0.25) is 0 Å². The summed E-state index contributed by atoms with van der Waals surface area (Å²) in [6, 6.07) is 0. The van der Waals surface area contributed by atoms with E-state index < -0.39 is 0 Å². The molecule has 0 spiro atoms. The lowest BCUT2D eigenvalue weighted by atomic mass is 10.1. The Labute approximate surface area is 63.1 Å². The van der Waals surface area contributed by atoms with Crippen molar-refractivity contribution in [3.8, 4) is 0 Å². The average Bonchev–Trinajstić information content (AvgIpc) is 1.87. The number of rotatable bonds is 4. The van der Waals surface area contributed by atoms with Gasteiger partial charge >= 0.3 is 0 Å². The minimum Gasteiger partial charge on any atom is -0.303 e. The van der Waals surface area contributed by atoms with Crippen molar-refractivity contribution in [2.45, 2.75) is 33.6 Å². The fraction of sp³-hybridized carbons (Fsp3) is 0.667. The molecule has 0 aromatic rings. The third-order valence-electron chi connectivity index (χ3n) is 1.41. The minimum absolute atomic E-state index is 0.218. The molecule has 0 aromatic heterocycles. The van der Waals surface area contributed by atoms with E-state index in [1.807, 2.05) is 6.92 Å². The maximum Gasteiger partial charge on any atom is 0.122 e. The van der Waals surface area contributed by atoms with Crippen LogP contribution in [0.15, 0.2) is 11.6 Å². The molecular weight excluding hydrogens is 124 g/mol. The van der Waals surface area contributed by atoms with Crippen LogP contribution in [0.4, 0.5) is 0 Å². The van der Waals surface area contributed by atoms with Gasteiger partial charge in [0.05, 0.1) is 0 Å². The summed E-state index contributed by atoms with van der Waals surface area (Å²) in [5.41, 5.74) is 1.33. The fourth-order valence-corrected chi connectivity index (χ4v) is 0.703. The zero-order valence-corrected chi connectivity index (χ0v) is 7.05. The zero-order valence-electron chi connectivity index (χ0n) is 7.05. The maximum atomic E-state index is 10.2. The van der Waals surface area contributed by atoms with E-state index in [-0.39, 0.29) is 5.92 Å². The quantitative estimate of drug-likeness (QED) is 0.433. The third-order valence-corrected chi connectivity index (χ3v) is 1.41. The molecule has 1 nitrogen and oxygen atoms in total. The van der Waals surface area contributed by atoms with Crippen molar-refractivity contribution in [2.24, 2.45) is 5.92 Å². The van der Waals surface area contributed by atoms with Crippen molar-refractivity contribution in [3.63, 3.8) is 0 Å². The summed E-state index contributed by atoms with van der Waals surface area (Å²) < 4.78 is 0. The number of aldehydes is 1. The molecule has 58 valence electrons. The standard InChI is InChI=1S/C9H16O/c1-8(2)5-4-6-9(3)7-10/h5,7,9H,4,6H2,1-3H3/t9-/m1/s1. The third kappa shape index (κ3) is 5.54. The lowest BCUT2D eigenvalue weighted by molar-refractivity contribution is -0.110. The van der Waals surface area contributed by atoms with Gasteiger partial charge < -0.3 is 4.79 Å². The van der Waals surface area contributed by atoms with E-state index in [0.717, 1.165) is 19.1 Å². The molecule has 0 saturated heterocycles. The molecule has 0 unspecified atom stereocenters. The highest BCUT2D eigenvalue weighted by molar-refractivity contribution is 5.52. The largest absolute Gasteiger partial charge is 0.303 e. The van der Waals surface area contributed by atoms with Gasteiger partial charge in [-0.1, -0.05) is 18.6 Å². The molecule has 0 N–H and O–H groups in total. The second-order valence-corrected chi connectivity index (χ2v) is 2.97. The predicted octanol–water partition coefficient (Wildman–Crippen LogP) is 2.57. The van der Waals surface area contributed by atoms with E-state index in [1.54, 1.807) is 0 Å². The Morgan fingerprint density at radius 1 is 1.50 bits per heavy atom. The van der Waals surface area contributed by atoms with E-state index in [2.05, 4.69) is 19.9 Å². The maximum absolute atomic E-state index is 10.2. The average molecular weight is 140 g/mol. The van der Waals surface area contributed by atoms with Crippen molar-refractivity contribution in [3.05, 3.63) is 11.6 Å². The topological polar surface area (TPSA) is 17.1 Å². The van der Waals surface area contributed by atoms with Gasteiger partial charge in [0.1, 0.15) is 6.29 Å². The van der Waals surface area contributed by atoms with Gasteiger partial charge in [0.25, 0.3) is 0 Å². The van der Waals surface area contributed by atoms with Gasteiger partial charge in [-0.15, -0.1) is 0 Å². The Morgan fingerprint density at radius 3 is 2.50 bits per heavy atom. The molecule has 0 saturated carbocycles. The first-order valence-electron chi connectivity index (χ1n) is 3.75. The number of allylic oxidation sites excluding steroid dienone is 2. The van der Waals surface area contributed by atoms with Crippen LogP contribution in [0.25, 0.3) is 0 Å². The Bertz CT molecular complexity index is 121. The molecule has 0 fully saturated rings. The number of carbonyl (C=O) groups excluding carboxylic acids is 1. The van der Waals surface area contributed by atoms with Gasteiger partial charge in [-0.2, -0.15) is 0 Å². The Balaban J connectivity index is 3.36. The SMILES string of the molecule is CC(C)=CCC[C@@H](C)C=O. The highest BCUT2D eigenvalue weighted by Gasteiger charge is 1.95. The summed E-state index contributed by atoms with van der Waals surface area (Å²) in [4.78, 5) is 10.2. The van der Waals surface area contributed by atoms with Crippen molar-refractivity contribution >= 4 is 6.29 Å². The summed E-state index contributed by atoms with van der Waals surface area (Å²) in [5.74, 6) is 0.218. The lowest BCUT2D eigenvalue weighted by Crippen LogP contribution is -1.93.